The smallest absolute Gasteiger partial charge is 0.0974 e. The molecule has 1 aliphatic heterocycles. The van der Waals surface area contributed by atoms with E-state index in [4.69, 9.17) is 0 Å². The van der Waals surface area contributed by atoms with Crippen LogP contribution in [0, 0.1) is 26.0 Å². The van der Waals surface area contributed by atoms with E-state index in [0.717, 1.165) is 41.0 Å². The lowest BCUT2D eigenvalue weighted by Crippen LogP contribution is -2.33. The summed E-state index contributed by atoms with van der Waals surface area (Å²) in [4.78, 5) is 2.42. The summed E-state index contributed by atoms with van der Waals surface area (Å²) in [7, 11) is 0. The Bertz CT molecular complexity index is 4830. The maximum absolute atomic E-state index is 3.82. The van der Waals surface area contributed by atoms with Gasteiger partial charge in [-0.15, -0.1) is 0 Å². The number of anilines is 3. The van der Waals surface area contributed by atoms with Gasteiger partial charge in [-0.3, -0.25) is 0 Å². The van der Waals surface area contributed by atoms with Crippen LogP contribution in [0.2, 0.25) is 0 Å². The SMILES string of the molecule is Cc1ccc2c(c1)C(C)(C)c1cc(-c3cc4c5c(c3)c3cc(C)ccc3n5-c3ccc(-c5c#cc(N(c6ccc7c(c6)C(C)(C)c6ccccc6-7)c6ccccc6C6=CC=CCC6)cc5)cc3C43c4ccccc4-c4ccccc43)ccc1-2. The molecule has 0 radical (unpaired) electrons. The highest BCUT2D eigenvalue weighted by Crippen LogP contribution is 2.62. The van der Waals surface area contributed by atoms with E-state index < -0.39 is 5.41 Å². The fourth-order valence-electron chi connectivity index (χ4n) is 15.8. The summed E-state index contributed by atoms with van der Waals surface area (Å²) in [6.07, 6.45) is 8.80. The maximum atomic E-state index is 3.82. The van der Waals surface area contributed by atoms with Gasteiger partial charge in [0.15, 0.2) is 0 Å². The third-order valence-corrected chi connectivity index (χ3v) is 19.8. The highest BCUT2D eigenvalue weighted by atomic mass is 15.1. The number of aryl methyl sites for hydroxylation is 2. The summed E-state index contributed by atoms with van der Waals surface area (Å²) in [6, 6.07) is 89.1. The van der Waals surface area contributed by atoms with Gasteiger partial charge in [-0.25, -0.2) is 0 Å². The van der Waals surface area contributed by atoms with Crippen molar-refractivity contribution in [2.45, 2.75) is 70.6 Å². The highest BCUT2D eigenvalue weighted by Gasteiger charge is 2.51. The van der Waals surface area contributed by atoms with Crippen molar-refractivity contribution in [3.05, 3.63) is 304 Å². The molecule has 5 aliphatic rings. The Balaban J connectivity index is 0.871. The molecule has 11 aromatic carbocycles. The van der Waals surface area contributed by atoms with Gasteiger partial charge in [0.25, 0.3) is 0 Å². The zero-order chi connectivity index (χ0) is 55.7. The number of benzene rings is 10. The molecule has 83 heavy (non-hydrogen) atoms. The lowest BCUT2D eigenvalue weighted by atomic mass is 9.64. The van der Waals surface area contributed by atoms with E-state index in [2.05, 4.69) is 294 Å². The standard InChI is InChI=1S/C81H60N2/c1-49-29-40-76-65(42-49)66-44-55(54-32-38-63-62-37-28-50(2)43-70(62)80(5,6)71(63)45-54)47-74-78(66)83(76)77-41-33-53(46-73(77)81(74)68-25-15-11-22-60(68)61-23-12-16-26-69(61)81)51-30-34-56(35-31-51)82(75-27-17-13-20-58(75)52-18-8-7-9-19-52)57-36-39-64-59-21-10-14-24-67(59)79(3,4)72(64)48-57/h7-8,10-18,20-30,32-34,36-48H,9,19H2,1-6H3. The molecule has 2 heterocycles. The molecule has 0 fully saturated rings. The summed E-state index contributed by atoms with van der Waals surface area (Å²) in [5.41, 5.74) is 34.3. The molecule has 0 saturated heterocycles. The summed E-state index contributed by atoms with van der Waals surface area (Å²) >= 11 is 0. The Hall–Kier alpha value is -9.68. The Morgan fingerprint density at radius 3 is 1.76 bits per heavy atom. The van der Waals surface area contributed by atoms with E-state index in [0.29, 0.717) is 0 Å². The fourth-order valence-corrected chi connectivity index (χ4v) is 15.8. The number of hydrogen-bond acceptors (Lipinski definition) is 1. The van der Waals surface area contributed by atoms with Gasteiger partial charge in [-0.1, -0.05) is 203 Å². The van der Waals surface area contributed by atoms with Gasteiger partial charge in [-0.05, 0) is 206 Å². The van der Waals surface area contributed by atoms with Gasteiger partial charge in [-0.2, -0.15) is 0 Å². The van der Waals surface area contributed by atoms with Crippen LogP contribution in [0.4, 0.5) is 17.1 Å². The molecule has 0 N–H and O–H groups in total. The van der Waals surface area contributed by atoms with Crippen LogP contribution >= 0.6 is 0 Å². The van der Waals surface area contributed by atoms with Crippen LogP contribution < -0.4 is 4.90 Å². The number of nitrogens with zero attached hydrogens (tertiary/aromatic N) is 2. The fraction of sp³-hybridized carbons (Fsp3) is 0.136. The van der Waals surface area contributed by atoms with Crippen LogP contribution in [0.5, 0.6) is 0 Å². The lowest BCUT2D eigenvalue weighted by molar-refractivity contribution is 0.660. The molecular formula is C81H60N2. The number of hydrogen-bond donors (Lipinski definition) is 0. The number of fused-ring (bicyclic) bond motifs is 18. The van der Waals surface area contributed by atoms with Crippen molar-refractivity contribution in [1.29, 1.82) is 0 Å². The maximum Gasteiger partial charge on any atom is 0.0974 e. The van der Waals surface area contributed by atoms with Crippen molar-refractivity contribution in [3.63, 3.8) is 0 Å². The van der Waals surface area contributed by atoms with Gasteiger partial charge < -0.3 is 9.47 Å². The first-order valence-corrected chi connectivity index (χ1v) is 29.6. The molecule has 0 saturated carbocycles. The number of para-hydroxylation sites is 1. The van der Waals surface area contributed by atoms with Crippen LogP contribution in [-0.4, -0.2) is 4.57 Å². The minimum atomic E-state index is -0.649. The number of aromatic nitrogens is 1. The molecule has 0 amide bonds. The first-order chi connectivity index (χ1) is 40.5. The summed E-state index contributed by atoms with van der Waals surface area (Å²) in [6.45, 7) is 14.0. The molecule has 0 unspecified atom stereocenters. The normalized spacial score (nSPS) is 15.5. The van der Waals surface area contributed by atoms with E-state index in [1.807, 2.05) is 0 Å². The van der Waals surface area contributed by atoms with Gasteiger partial charge in [0.05, 0.1) is 33.5 Å². The van der Waals surface area contributed by atoms with Crippen molar-refractivity contribution in [3.8, 4) is 61.3 Å². The molecule has 2 nitrogen and oxygen atoms in total. The van der Waals surface area contributed by atoms with Crippen LogP contribution in [0.15, 0.2) is 231 Å². The van der Waals surface area contributed by atoms with E-state index in [9.17, 15) is 0 Å². The second-order valence-corrected chi connectivity index (χ2v) is 25.1. The molecule has 1 spiro atoms. The predicted molar refractivity (Wildman–Crippen MR) is 346 cm³/mol. The van der Waals surface area contributed by atoms with Gasteiger partial charge in [0.1, 0.15) is 0 Å². The number of allylic oxidation sites excluding steroid dienone is 4. The molecule has 394 valence electrons. The van der Waals surface area contributed by atoms with Gasteiger partial charge in [0.2, 0.25) is 0 Å². The first kappa shape index (κ1) is 48.1. The third-order valence-electron chi connectivity index (χ3n) is 19.8. The molecule has 4 aliphatic carbocycles. The molecular weight excluding hydrogens is 1000 g/mol. The average molecular weight is 1060 g/mol. The van der Waals surface area contributed by atoms with E-state index in [-0.39, 0.29) is 10.8 Å². The second kappa shape index (κ2) is 17.2. The Kier molecular flexibility index (Phi) is 9.95. The Labute approximate surface area is 487 Å². The summed E-state index contributed by atoms with van der Waals surface area (Å²) < 4.78 is 2.59. The molecule has 1 aromatic heterocycles. The number of rotatable bonds is 6. The van der Waals surface area contributed by atoms with E-state index in [1.165, 1.54) is 139 Å². The van der Waals surface area contributed by atoms with Crippen LogP contribution in [0.3, 0.4) is 0 Å². The molecule has 17 rings (SSSR count). The summed E-state index contributed by atoms with van der Waals surface area (Å²) in [5.74, 6) is 0. The van der Waals surface area contributed by atoms with Crippen molar-refractivity contribution >= 4 is 44.4 Å². The molecule has 2 heteroatoms. The van der Waals surface area contributed by atoms with Crippen molar-refractivity contribution in [1.82, 2.24) is 4.57 Å². The van der Waals surface area contributed by atoms with Crippen LogP contribution in [0.25, 0.3) is 88.7 Å². The quantitative estimate of drug-likeness (QED) is 0.161. The zero-order valence-corrected chi connectivity index (χ0v) is 47.7. The largest absolute Gasteiger partial charge is 0.309 e. The van der Waals surface area contributed by atoms with Gasteiger partial charge >= 0.3 is 0 Å². The Morgan fingerprint density at radius 2 is 1.02 bits per heavy atom. The summed E-state index contributed by atoms with van der Waals surface area (Å²) in [5, 5.41) is 2.56. The monoisotopic (exact) mass is 1060 g/mol. The zero-order valence-electron chi connectivity index (χ0n) is 47.7. The van der Waals surface area contributed by atoms with Crippen molar-refractivity contribution < 1.29 is 0 Å². The minimum absolute atomic E-state index is 0.135. The Morgan fingerprint density at radius 1 is 0.434 bits per heavy atom. The predicted octanol–water partition coefficient (Wildman–Crippen LogP) is 20.8. The van der Waals surface area contributed by atoms with E-state index in [1.54, 1.807) is 0 Å². The topological polar surface area (TPSA) is 8.17 Å². The average Bonchev–Trinajstić information content (AvgIpc) is 2.16. The van der Waals surface area contributed by atoms with Crippen molar-refractivity contribution in [2.75, 3.05) is 4.90 Å². The highest BCUT2D eigenvalue weighted by molar-refractivity contribution is 6.14. The molecule has 12 aromatic rings. The van der Waals surface area contributed by atoms with Crippen LogP contribution in [-0.2, 0) is 16.2 Å². The van der Waals surface area contributed by atoms with Gasteiger partial charge in [0, 0.05) is 38.4 Å². The second-order valence-electron chi connectivity index (χ2n) is 25.1. The molecule has 0 bridgehead atoms. The first-order valence-electron chi connectivity index (χ1n) is 29.6. The van der Waals surface area contributed by atoms with Crippen molar-refractivity contribution in [2.24, 2.45) is 0 Å². The minimum Gasteiger partial charge on any atom is -0.309 e. The van der Waals surface area contributed by atoms with Crippen LogP contribution in [0.1, 0.15) is 102 Å². The lowest BCUT2D eigenvalue weighted by Gasteiger charge is -2.40. The van der Waals surface area contributed by atoms with E-state index >= 15 is 0 Å². The molecule has 0 atom stereocenters. The third kappa shape index (κ3) is 6.57.